The highest BCUT2D eigenvalue weighted by atomic mass is 35.5. The minimum Gasteiger partial charge on any atom is -0.368 e. The van der Waals surface area contributed by atoms with E-state index in [0.29, 0.717) is 0 Å². The number of carbonyl (C=O) groups is 2. The van der Waals surface area contributed by atoms with Crippen molar-refractivity contribution >= 4 is 23.4 Å². The van der Waals surface area contributed by atoms with Crippen LogP contribution in [0.1, 0.15) is 24.3 Å². The van der Waals surface area contributed by atoms with E-state index in [-0.39, 0.29) is 10.8 Å². The molecule has 0 aliphatic heterocycles. The molecule has 3 N–H and O–H groups in total. The molecule has 0 radical (unpaired) electrons. The molecule has 2 amide bonds. The molecule has 16 heavy (non-hydrogen) atoms. The van der Waals surface area contributed by atoms with Gasteiger partial charge in [-0.25, -0.2) is 4.98 Å². The second-order valence-corrected chi connectivity index (χ2v) is 4.18. The molecule has 0 fully saturated rings. The summed E-state index contributed by atoms with van der Waals surface area (Å²) in [5.74, 6) is -1.12. The van der Waals surface area contributed by atoms with Crippen LogP contribution in [0.5, 0.6) is 0 Å². The van der Waals surface area contributed by atoms with Gasteiger partial charge in [0.05, 0.1) is 0 Å². The highest BCUT2D eigenvalue weighted by molar-refractivity contribution is 6.29. The molecular formula is C10H12ClN3O2. The van der Waals surface area contributed by atoms with Gasteiger partial charge in [-0.15, -0.1) is 0 Å². The van der Waals surface area contributed by atoms with Crippen LogP contribution < -0.4 is 11.1 Å². The van der Waals surface area contributed by atoms with E-state index in [0.717, 1.165) is 0 Å². The zero-order valence-electron chi connectivity index (χ0n) is 8.95. The summed E-state index contributed by atoms with van der Waals surface area (Å²) < 4.78 is 0. The van der Waals surface area contributed by atoms with Crippen LogP contribution in [0, 0.1) is 0 Å². The second-order valence-electron chi connectivity index (χ2n) is 3.79. The molecule has 0 aliphatic carbocycles. The fourth-order valence-corrected chi connectivity index (χ4v) is 1.11. The van der Waals surface area contributed by atoms with Crippen LogP contribution in [0.3, 0.4) is 0 Å². The molecule has 0 bridgehead atoms. The third-order valence-electron chi connectivity index (χ3n) is 1.99. The summed E-state index contributed by atoms with van der Waals surface area (Å²) in [6.45, 7) is 3.02. The van der Waals surface area contributed by atoms with Gasteiger partial charge in [-0.05, 0) is 26.0 Å². The minimum atomic E-state index is -1.12. The third-order valence-corrected chi connectivity index (χ3v) is 2.20. The van der Waals surface area contributed by atoms with E-state index >= 15 is 0 Å². The lowest BCUT2D eigenvalue weighted by Gasteiger charge is -2.21. The number of aromatic nitrogens is 1. The Kier molecular flexibility index (Phi) is 3.49. The van der Waals surface area contributed by atoms with Crippen LogP contribution in [0.25, 0.3) is 0 Å². The number of rotatable bonds is 3. The zero-order chi connectivity index (χ0) is 12.3. The van der Waals surface area contributed by atoms with Gasteiger partial charge in [0.25, 0.3) is 5.91 Å². The fraction of sp³-hybridized carbons (Fsp3) is 0.300. The molecule has 0 aliphatic rings. The lowest BCUT2D eigenvalue weighted by Crippen LogP contribution is -2.53. The van der Waals surface area contributed by atoms with Crippen LogP contribution in [0.15, 0.2) is 18.2 Å². The smallest absolute Gasteiger partial charge is 0.270 e. The predicted octanol–water partition coefficient (Wildman–Crippen LogP) is 0.729. The van der Waals surface area contributed by atoms with Crippen molar-refractivity contribution in [1.29, 1.82) is 0 Å². The Morgan fingerprint density at radius 2 is 2.06 bits per heavy atom. The monoisotopic (exact) mass is 241 g/mol. The summed E-state index contributed by atoms with van der Waals surface area (Å²) in [5, 5.41) is 2.68. The summed E-state index contributed by atoms with van der Waals surface area (Å²) in [6.07, 6.45) is 0. The Labute approximate surface area is 98.0 Å². The van der Waals surface area contributed by atoms with Gasteiger partial charge in [0, 0.05) is 0 Å². The van der Waals surface area contributed by atoms with Gasteiger partial charge >= 0.3 is 0 Å². The maximum absolute atomic E-state index is 11.7. The number of primary amides is 1. The molecule has 0 saturated carbocycles. The van der Waals surface area contributed by atoms with Gasteiger partial charge in [0.2, 0.25) is 5.91 Å². The van der Waals surface area contributed by atoms with E-state index in [4.69, 9.17) is 17.3 Å². The number of nitrogens with two attached hydrogens (primary N) is 1. The van der Waals surface area contributed by atoms with Gasteiger partial charge < -0.3 is 11.1 Å². The molecule has 1 rings (SSSR count). The van der Waals surface area contributed by atoms with Crippen molar-refractivity contribution in [3.8, 4) is 0 Å². The average Bonchev–Trinajstić information content (AvgIpc) is 2.16. The lowest BCUT2D eigenvalue weighted by molar-refractivity contribution is -0.122. The first-order valence-corrected chi connectivity index (χ1v) is 4.96. The predicted molar refractivity (Wildman–Crippen MR) is 60.0 cm³/mol. The van der Waals surface area contributed by atoms with E-state index in [1.54, 1.807) is 12.1 Å². The Balaban J connectivity index is 2.85. The SMILES string of the molecule is CC(C)(NC(=O)c1cccc(Cl)n1)C(N)=O. The van der Waals surface area contributed by atoms with Gasteiger partial charge in [0.15, 0.2) is 0 Å². The number of carbonyl (C=O) groups excluding carboxylic acids is 2. The summed E-state index contributed by atoms with van der Waals surface area (Å²) in [7, 11) is 0. The van der Waals surface area contributed by atoms with Gasteiger partial charge in [-0.1, -0.05) is 17.7 Å². The fourth-order valence-electron chi connectivity index (χ4n) is 0.944. The van der Waals surface area contributed by atoms with E-state index in [2.05, 4.69) is 10.3 Å². The first-order valence-electron chi connectivity index (χ1n) is 4.58. The van der Waals surface area contributed by atoms with Crippen LogP contribution in [0.4, 0.5) is 0 Å². The molecule has 0 spiro atoms. The standard InChI is InChI=1S/C10H12ClN3O2/c1-10(2,9(12)16)14-8(15)6-4-3-5-7(11)13-6/h3-5H,1-2H3,(H2,12,16)(H,14,15). The molecule has 0 unspecified atom stereocenters. The van der Waals surface area contributed by atoms with Crippen LogP contribution in [0.2, 0.25) is 5.15 Å². The zero-order valence-corrected chi connectivity index (χ0v) is 9.71. The third kappa shape index (κ3) is 2.93. The molecule has 0 aromatic carbocycles. The summed E-state index contributed by atoms with van der Waals surface area (Å²) in [4.78, 5) is 26.5. The Bertz CT molecular complexity index is 432. The van der Waals surface area contributed by atoms with Gasteiger partial charge in [0.1, 0.15) is 16.4 Å². The summed E-state index contributed by atoms with van der Waals surface area (Å²) in [6, 6.07) is 4.65. The molecule has 86 valence electrons. The van der Waals surface area contributed by atoms with Crippen molar-refractivity contribution in [2.75, 3.05) is 0 Å². The molecule has 1 aromatic heterocycles. The number of pyridine rings is 1. The number of hydrogen-bond acceptors (Lipinski definition) is 3. The Hall–Kier alpha value is -1.62. The van der Waals surface area contributed by atoms with Crippen molar-refractivity contribution in [3.63, 3.8) is 0 Å². The van der Waals surface area contributed by atoms with Crippen molar-refractivity contribution in [3.05, 3.63) is 29.0 Å². The number of hydrogen-bond donors (Lipinski definition) is 2. The first-order chi connectivity index (χ1) is 7.33. The van der Waals surface area contributed by atoms with E-state index in [1.165, 1.54) is 19.9 Å². The van der Waals surface area contributed by atoms with Crippen molar-refractivity contribution in [2.45, 2.75) is 19.4 Å². The van der Waals surface area contributed by atoms with Crippen LogP contribution in [-0.4, -0.2) is 22.3 Å². The average molecular weight is 242 g/mol. The molecule has 0 saturated heterocycles. The van der Waals surface area contributed by atoms with E-state index < -0.39 is 17.4 Å². The second kappa shape index (κ2) is 4.49. The Morgan fingerprint density at radius 3 is 2.56 bits per heavy atom. The maximum atomic E-state index is 11.7. The number of nitrogens with one attached hydrogen (secondary N) is 1. The van der Waals surface area contributed by atoms with Gasteiger partial charge in [-0.2, -0.15) is 0 Å². The van der Waals surface area contributed by atoms with Crippen molar-refractivity contribution < 1.29 is 9.59 Å². The van der Waals surface area contributed by atoms with Crippen LogP contribution in [-0.2, 0) is 4.79 Å². The number of nitrogens with zero attached hydrogens (tertiary/aromatic N) is 1. The molecule has 1 heterocycles. The molecule has 6 heteroatoms. The van der Waals surface area contributed by atoms with E-state index in [1.807, 2.05) is 0 Å². The number of amides is 2. The highest BCUT2D eigenvalue weighted by Gasteiger charge is 2.27. The minimum absolute atomic E-state index is 0.141. The molecular weight excluding hydrogens is 230 g/mol. The lowest BCUT2D eigenvalue weighted by atomic mass is 10.1. The largest absolute Gasteiger partial charge is 0.368 e. The number of halogens is 1. The van der Waals surface area contributed by atoms with Crippen molar-refractivity contribution in [2.24, 2.45) is 5.73 Å². The quantitative estimate of drug-likeness (QED) is 0.765. The molecule has 5 nitrogen and oxygen atoms in total. The molecule has 0 atom stereocenters. The van der Waals surface area contributed by atoms with E-state index in [9.17, 15) is 9.59 Å². The van der Waals surface area contributed by atoms with Crippen LogP contribution >= 0.6 is 11.6 Å². The normalized spacial score (nSPS) is 10.9. The Morgan fingerprint density at radius 1 is 1.44 bits per heavy atom. The summed E-state index contributed by atoms with van der Waals surface area (Å²) in [5.41, 5.74) is 4.14. The molecule has 1 aromatic rings. The van der Waals surface area contributed by atoms with Gasteiger partial charge in [-0.3, -0.25) is 9.59 Å². The summed E-state index contributed by atoms with van der Waals surface area (Å²) >= 11 is 5.64. The topological polar surface area (TPSA) is 85.1 Å². The maximum Gasteiger partial charge on any atom is 0.270 e. The van der Waals surface area contributed by atoms with Crippen molar-refractivity contribution in [1.82, 2.24) is 10.3 Å². The highest BCUT2D eigenvalue weighted by Crippen LogP contribution is 2.07. The first kappa shape index (κ1) is 12.4.